The van der Waals surface area contributed by atoms with Gasteiger partial charge in [0.2, 0.25) is 0 Å². The molecular weight excluding hydrogens is 331 g/mol. The normalized spacial score (nSPS) is 10.4. The van der Waals surface area contributed by atoms with Crippen LogP contribution < -0.4 is 10.6 Å². The van der Waals surface area contributed by atoms with Gasteiger partial charge in [0.05, 0.1) is 0 Å². The summed E-state index contributed by atoms with van der Waals surface area (Å²) in [6.45, 7) is 4.14. The van der Waals surface area contributed by atoms with Crippen LogP contribution in [0.2, 0.25) is 0 Å². The molecule has 0 atom stereocenters. The summed E-state index contributed by atoms with van der Waals surface area (Å²) in [7, 11) is 0. The average Bonchev–Trinajstić information content (AvgIpc) is 2.65. The number of hydrogen-bond donors (Lipinski definition) is 2. The number of amides is 1. The van der Waals surface area contributed by atoms with Crippen molar-refractivity contribution in [3.05, 3.63) is 83.1 Å². The number of carbonyl (C=O) groups is 1. The lowest BCUT2D eigenvalue weighted by atomic mass is 10.1. The van der Waals surface area contributed by atoms with E-state index in [4.69, 9.17) is 0 Å². The van der Waals surface area contributed by atoms with E-state index in [0.717, 1.165) is 16.8 Å². The molecule has 0 radical (unpaired) electrons. The molecule has 0 fully saturated rings. The molecule has 0 bridgehead atoms. The number of rotatable bonds is 5. The summed E-state index contributed by atoms with van der Waals surface area (Å²) in [5.74, 6) is -0.225. The maximum Gasteiger partial charge on any atom is 0.270 e. The van der Waals surface area contributed by atoms with Crippen molar-refractivity contribution in [2.45, 2.75) is 20.4 Å². The van der Waals surface area contributed by atoms with Gasteiger partial charge >= 0.3 is 0 Å². The first-order valence-corrected chi connectivity index (χ1v) is 8.21. The molecule has 0 aliphatic rings. The molecule has 0 unspecified atom stereocenters. The van der Waals surface area contributed by atoms with E-state index in [2.05, 4.69) is 20.6 Å². The summed E-state index contributed by atoms with van der Waals surface area (Å²) in [6.07, 6.45) is 1.32. The van der Waals surface area contributed by atoms with Gasteiger partial charge < -0.3 is 10.6 Å². The lowest BCUT2D eigenvalue weighted by molar-refractivity contribution is 0.0945. The van der Waals surface area contributed by atoms with E-state index in [1.807, 2.05) is 32.0 Å². The van der Waals surface area contributed by atoms with Crippen LogP contribution in [0, 0.1) is 19.7 Å². The number of nitrogens with one attached hydrogen (secondary N) is 2. The van der Waals surface area contributed by atoms with Gasteiger partial charge in [0.25, 0.3) is 5.91 Å². The molecular formula is C20H19FN4O. The highest BCUT2D eigenvalue weighted by Gasteiger charge is 2.10. The first-order chi connectivity index (χ1) is 12.5. The molecule has 1 amide bonds. The van der Waals surface area contributed by atoms with E-state index in [0.29, 0.717) is 11.4 Å². The van der Waals surface area contributed by atoms with Crippen LogP contribution >= 0.6 is 0 Å². The number of nitrogens with zero attached hydrogens (tertiary/aromatic N) is 2. The van der Waals surface area contributed by atoms with Gasteiger partial charge in [-0.15, -0.1) is 0 Å². The third kappa shape index (κ3) is 4.03. The number of aromatic nitrogens is 2. The smallest absolute Gasteiger partial charge is 0.270 e. The molecule has 5 nitrogen and oxygen atoms in total. The Kier molecular flexibility index (Phi) is 5.22. The number of halogens is 1. The summed E-state index contributed by atoms with van der Waals surface area (Å²) in [6, 6.07) is 13.8. The maximum absolute atomic E-state index is 13.6. The fourth-order valence-electron chi connectivity index (χ4n) is 2.48. The van der Waals surface area contributed by atoms with Crippen LogP contribution in [0.1, 0.15) is 27.2 Å². The second kappa shape index (κ2) is 7.74. The predicted octanol–water partition coefficient (Wildman–Crippen LogP) is 3.91. The van der Waals surface area contributed by atoms with Crippen LogP contribution in [0.5, 0.6) is 0 Å². The van der Waals surface area contributed by atoms with E-state index < -0.39 is 0 Å². The summed E-state index contributed by atoms with van der Waals surface area (Å²) >= 11 is 0. The number of hydrogen-bond acceptors (Lipinski definition) is 4. The first kappa shape index (κ1) is 17.5. The van der Waals surface area contributed by atoms with Crippen molar-refractivity contribution in [1.82, 2.24) is 15.3 Å². The van der Waals surface area contributed by atoms with Gasteiger partial charge in [-0.1, -0.05) is 30.3 Å². The van der Waals surface area contributed by atoms with E-state index >= 15 is 0 Å². The molecule has 0 saturated heterocycles. The molecule has 3 aromatic rings. The molecule has 2 N–H and O–H groups in total. The summed E-state index contributed by atoms with van der Waals surface area (Å²) in [5, 5.41) is 5.87. The Morgan fingerprint density at radius 2 is 1.88 bits per heavy atom. The van der Waals surface area contributed by atoms with Crippen LogP contribution in [-0.4, -0.2) is 15.9 Å². The van der Waals surface area contributed by atoms with Crippen molar-refractivity contribution in [3.8, 4) is 0 Å². The quantitative estimate of drug-likeness (QED) is 0.732. The second-order valence-corrected chi connectivity index (χ2v) is 5.94. The third-order valence-electron chi connectivity index (χ3n) is 4.16. The zero-order valence-electron chi connectivity index (χ0n) is 14.6. The molecule has 0 spiro atoms. The number of anilines is 2. The highest BCUT2D eigenvalue weighted by atomic mass is 19.1. The number of aryl methyl sites for hydroxylation is 1. The molecule has 1 heterocycles. The largest absolute Gasteiger partial charge is 0.347 e. The SMILES string of the molecule is Cc1cccc(Nc2cc(C(=O)NCc3ccccc3F)ncn2)c1C. The van der Waals surface area contributed by atoms with E-state index in [1.165, 1.54) is 12.4 Å². The van der Waals surface area contributed by atoms with Crippen LogP contribution in [0.4, 0.5) is 15.9 Å². The minimum Gasteiger partial charge on any atom is -0.347 e. The van der Waals surface area contributed by atoms with Crippen LogP contribution in [-0.2, 0) is 6.54 Å². The van der Waals surface area contributed by atoms with Gasteiger partial charge in [0, 0.05) is 23.9 Å². The molecule has 3 rings (SSSR count). The molecule has 132 valence electrons. The molecule has 1 aromatic heterocycles. The minimum absolute atomic E-state index is 0.0925. The van der Waals surface area contributed by atoms with Crippen LogP contribution in [0.25, 0.3) is 0 Å². The van der Waals surface area contributed by atoms with Crippen LogP contribution in [0.15, 0.2) is 54.9 Å². The highest BCUT2D eigenvalue weighted by Crippen LogP contribution is 2.21. The van der Waals surface area contributed by atoms with Gasteiger partial charge in [0.15, 0.2) is 0 Å². The van der Waals surface area contributed by atoms with Gasteiger partial charge in [-0.25, -0.2) is 14.4 Å². The molecule has 2 aromatic carbocycles. The zero-order valence-corrected chi connectivity index (χ0v) is 14.6. The predicted molar refractivity (Wildman–Crippen MR) is 98.8 cm³/mol. The van der Waals surface area contributed by atoms with E-state index in [9.17, 15) is 9.18 Å². The molecule has 0 saturated carbocycles. The van der Waals surface area contributed by atoms with Gasteiger partial charge in [-0.3, -0.25) is 4.79 Å². The number of carbonyl (C=O) groups excluding carboxylic acids is 1. The summed E-state index contributed by atoms with van der Waals surface area (Å²) < 4.78 is 13.6. The summed E-state index contributed by atoms with van der Waals surface area (Å²) in [4.78, 5) is 20.5. The first-order valence-electron chi connectivity index (χ1n) is 8.21. The van der Waals surface area contributed by atoms with Crippen molar-refractivity contribution in [1.29, 1.82) is 0 Å². The Bertz CT molecular complexity index is 943. The molecule has 26 heavy (non-hydrogen) atoms. The lowest BCUT2D eigenvalue weighted by Gasteiger charge is -2.11. The van der Waals surface area contributed by atoms with Crippen LogP contribution in [0.3, 0.4) is 0 Å². The standard InChI is InChI=1S/C20H19FN4O/c1-13-6-5-9-17(14(13)2)25-19-10-18(23-12-24-19)20(26)22-11-15-7-3-4-8-16(15)21/h3-10,12H,11H2,1-2H3,(H,22,26)(H,23,24,25). The van der Waals surface area contributed by atoms with Gasteiger partial charge in [-0.05, 0) is 37.1 Å². The zero-order chi connectivity index (χ0) is 18.5. The minimum atomic E-state index is -0.389. The Balaban J connectivity index is 1.71. The van der Waals surface area contributed by atoms with E-state index in [1.54, 1.807) is 24.3 Å². The van der Waals surface area contributed by atoms with Crippen molar-refractivity contribution in [2.24, 2.45) is 0 Å². The Morgan fingerprint density at radius 1 is 1.08 bits per heavy atom. The Labute approximate surface area is 151 Å². The fraction of sp³-hybridized carbons (Fsp3) is 0.150. The molecule has 6 heteroatoms. The second-order valence-electron chi connectivity index (χ2n) is 5.94. The van der Waals surface area contributed by atoms with E-state index in [-0.39, 0.29) is 24.0 Å². The van der Waals surface area contributed by atoms with Crippen molar-refractivity contribution >= 4 is 17.4 Å². The van der Waals surface area contributed by atoms with Gasteiger partial charge in [-0.2, -0.15) is 0 Å². The Morgan fingerprint density at radius 3 is 2.69 bits per heavy atom. The van der Waals surface area contributed by atoms with Crippen molar-refractivity contribution in [2.75, 3.05) is 5.32 Å². The van der Waals surface area contributed by atoms with Crippen molar-refractivity contribution in [3.63, 3.8) is 0 Å². The topological polar surface area (TPSA) is 66.9 Å². The molecule has 0 aliphatic heterocycles. The Hall–Kier alpha value is -3.28. The summed E-state index contributed by atoms with van der Waals surface area (Å²) in [5.41, 5.74) is 3.82. The maximum atomic E-state index is 13.6. The molecule has 0 aliphatic carbocycles. The monoisotopic (exact) mass is 350 g/mol. The third-order valence-corrected chi connectivity index (χ3v) is 4.16. The average molecular weight is 350 g/mol. The van der Waals surface area contributed by atoms with Gasteiger partial charge in [0.1, 0.15) is 23.7 Å². The lowest BCUT2D eigenvalue weighted by Crippen LogP contribution is -2.24. The number of benzene rings is 2. The highest BCUT2D eigenvalue weighted by molar-refractivity contribution is 5.92. The van der Waals surface area contributed by atoms with Crippen molar-refractivity contribution < 1.29 is 9.18 Å². The fourth-order valence-corrected chi connectivity index (χ4v) is 2.48.